The Morgan fingerprint density at radius 3 is 2.62 bits per heavy atom. The molecule has 3 heteroatoms. The number of hydrogen-bond acceptors (Lipinski definition) is 2. The highest BCUT2D eigenvalue weighted by Gasteiger charge is 2.31. The SMILES string of the molecule is CC(C)(C)CN1CCCC1C(N)=O. The molecule has 1 aliphatic heterocycles. The quantitative estimate of drug-likeness (QED) is 0.695. The van der Waals surface area contributed by atoms with Gasteiger partial charge in [0.15, 0.2) is 0 Å². The highest BCUT2D eigenvalue weighted by Crippen LogP contribution is 2.23. The first-order chi connectivity index (χ1) is 5.90. The number of primary amides is 1. The van der Waals surface area contributed by atoms with Gasteiger partial charge in [0.25, 0.3) is 0 Å². The number of amides is 1. The van der Waals surface area contributed by atoms with Crippen LogP contribution >= 0.6 is 0 Å². The Labute approximate surface area is 80.3 Å². The van der Waals surface area contributed by atoms with Crippen LogP contribution in [0.2, 0.25) is 0 Å². The summed E-state index contributed by atoms with van der Waals surface area (Å²) in [4.78, 5) is 13.3. The van der Waals surface area contributed by atoms with Crippen molar-refractivity contribution in [2.24, 2.45) is 11.1 Å². The Morgan fingerprint density at radius 2 is 2.15 bits per heavy atom. The summed E-state index contributed by atoms with van der Waals surface area (Å²) in [5, 5.41) is 0. The molecule has 76 valence electrons. The van der Waals surface area contributed by atoms with Gasteiger partial charge in [0, 0.05) is 6.54 Å². The van der Waals surface area contributed by atoms with E-state index in [-0.39, 0.29) is 17.4 Å². The van der Waals surface area contributed by atoms with Gasteiger partial charge in [-0.3, -0.25) is 9.69 Å². The van der Waals surface area contributed by atoms with E-state index in [4.69, 9.17) is 5.73 Å². The third-order valence-electron chi connectivity index (χ3n) is 2.37. The van der Waals surface area contributed by atoms with Crippen molar-refractivity contribution in [2.45, 2.75) is 39.7 Å². The van der Waals surface area contributed by atoms with Crippen LogP contribution in [-0.4, -0.2) is 29.9 Å². The van der Waals surface area contributed by atoms with Crippen LogP contribution < -0.4 is 5.73 Å². The van der Waals surface area contributed by atoms with Gasteiger partial charge in [0.1, 0.15) is 0 Å². The van der Waals surface area contributed by atoms with Gasteiger partial charge >= 0.3 is 0 Å². The third kappa shape index (κ3) is 2.99. The van der Waals surface area contributed by atoms with Crippen LogP contribution in [0.4, 0.5) is 0 Å². The Balaban J connectivity index is 2.54. The van der Waals surface area contributed by atoms with Gasteiger partial charge in [-0.25, -0.2) is 0 Å². The zero-order chi connectivity index (χ0) is 10.1. The zero-order valence-corrected chi connectivity index (χ0v) is 8.84. The van der Waals surface area contributed by atoms with E-state index in [1.165, 1.54) is 0 Å². The molecule has 1 atom stereocenters. The van der Waals surface area contributed by atoms with Gasteiger partial charge in [-0.05, 0) is 24.8 Å². The average molecular weight is 184 g/mol. The molecule has 1 fully saturated rings. The van der Waals surface area contributed by atoms with Gasteiger partial charge < -0.3 is 5.73 Å². The van der Waals surface area contributed by atoms with Gasteiger partial charge in [-0.15, -0.1) is 0 Å². The van der Waals surface area contributed by atoms with Gasteiger partial charge in [-0.2, -0.15) is 0 Å². The molecule has 0 saturated carbocycles. The van der Waals surface area contributed by atoms with E-state index >= 15 is 0 Å². The molecular weight excluding hydrogens is 164 g/mol. The number of likely N-dealkylation sites (tertiary alicyclic amines) is 1. The summed E-state index contributed by atoms with van der Waals surface area (Å²) in [5.74, 6) is -0.165. The lowest BCUT2D eigenvalue weighted by atomic mass is 9.95. The van der Waals surface area contributed by atoms with Crippen molar-refractivity contribution < 1.29 is 4.79 Å². The molecule has 0 bridgehead atoms. The lowest BCUT2D eigenvalue weighted by Crippen LogP contribution is -2.43. The van der Waals surface area contributed by atoms with Crippen LogP contribution in [0.3, 0.4) is 0 Å². The van der Waals surface area contributed by atoms with Crippen molar-refractivity contribution in [3.8, 4) is 0 Å². The summed E-state index contributed by atoms with van der Waals surface area (Å²) in [5.41, 5.74) is 5.57. The van der Waals surface area contributed by atoms with Crippen molar-refractivity contribution in [3.63, 3.8) is 0 Å². The number of carbonyl (C=O) groups is 1. The molecule has 0 radical (unpaired) electrons. The Hall–Kier alpha value is -0.570. The van der Waals surface area contributed by atoms with E-state index < -0.39 is 0 Å². The maximum absolute atomic E-state index is 11.1. The van der Waals surface area contributed by atoms with E-state index in [1.54, 1.807) is 0 Å². The molecule has 0 aromatic rings. The second-order valence-corrected chi connectivity index (χ2v) is 5.09. The van der Waals surface area contributed by atoms with E-state index in [2.05, 4.69) is 25.7 Å². The van der Waals surface area contributed by atoms with Gasteiger partial charge in [-0.1, -0.05) is 20.8 Å². The fraction of sp³-hybridized carbons (Fsp3) is 0.900. The minimum absolute atomic E-state index is 0.0146. The molecule has 1 unspecified atom stereocenters. The van der Waals surface area contributed by atoms with Gasteiger partial charge in [0.05, 0.1) is 6.04 Å². The summed E-state index contributed by atoms with van der Waals surface area (Å²) >= 11 is 0. The van der Waals surface area contributed by atoms with Crippen molar-refractivity contribution in [3.05, 3.63) is 0 Å². The number of nitrogens with zero attached hydrogens (tertiary/aromatic N) is 1. The van der Waals surface area contributed by atoms with Crippen LogP contribution in [0.5, 0.6) is 0 Å². The Morgan fingerprint density at radius 1 is 1.54 bits per heavy atom. The summed E-state index contributed by atoms with van der Waals surface area (Å²) in [6.45, 7) is 8.53. The predicted molar refractivity (Wildman–Crippen MR) is 53.2 cm³/mol. The minimum atomic E-state index is -0.165. The molecule has 1 rings (SSSR count). The van der Waals surface area contributed by atoms with Crippen molar-refractivity contribution >= 4 is 5.91 Å². The van der Waals surface area contributed by atoms with Crippen molar-refractivity contribution in [1.29, 1.82) is 0 Å². The molecule has 0 aliphatic carbocycles. The van der Waals surface area contributed by atoms with Crippen LogP contribution in [-0.2, 0) is 4.79 Å². The van der Waals surface area contributed by atoms with E-state index in [9.17, 15) is 4.79 Å². The molecule has 1 saturated heterocycles. The maximum Gasteiger partial charge on any atom is 0.234 e. The molecule has 3 nitrogen and oxygen atoms in total. The lowest BCUT2D eigenvalue weighted by Gasteiger charge is -2.29. The van der Waals surface area contributed by atoms with Crippen LogP contribution in [0.25, 0.3) is 0 Å². The van der Waals surface area contributed by atoms with Gasteiger partial charge in [0.2, 0.25) is 5.91 Å². The van der Waals surface area contributed by atoms with E-state index in [0.717, 1.165) is 25.9 Å². The molecule has 13 heavy (non-hydrogen) atoms. The topological polar surface area (TPSA) is 46.3 Å². The molecule has 1 aliphatic rings. The Bertz CT molecular complexity index is 196. The highest BCUT2D eigenvalue weighted by molar-refractivity contribution is 5.80. The smallest absolute Gasteiger partial charge is 0.234 e. The standard InChI is InChI=1S/C10H20N2O/c1-10(2,3)7-12-6-4-5-8(12)9(11)13/h8H,4-7H2,1-3H3,(H2,11,13). The van der Waals surface area contributed by atoms with E-state index in [1.807, 2.05) is 0 Å². The molecule has 0 aromatic heterocycles. The lowest BCUT2D eigenvalue weighted by molar-refractivity contribution is -0.122. The first-order valence-electron chi connectivity index (χ1n) is 4.93. The predicted octanol–water partition coefficient (Wildman–Crippen LogP) is 0.982. The van der Waals surface area contributed by atoms with Crippen LogP contribution in [0.1, 0.15) is 33.6 Å². The Kier molecular flexibility index (Phi) is 2.96. The third-order valence-corrected chi connectivity index (χ3v) is 2.37. The first-order valence-corrected chi connectivity index (χ1v) is 4.93. The summed E-state index contributed by atoms with van der Waals surface area (Å²) in [6, 6.07) is -0.0146. The zero-order valence-electron chi connectivity index (χ0n) is 8.84. The molecule has 1 heterocycles. The van der Waals surface area contributed by atoms with Crippen molar-refractivity contribution in [1.82, 2.24) is 4.90 Å². The summed E-state index contributed by atoms with van der Waals surface area (Å²) in [7, 11) is 0. The second kappa shape index (κ2) is 3.66. The highest BCUT2D eigenvalue weighted by atomic mass is 16.1. The molecule has 2 N–H and O–H groups in total. The monoisotopic (exact) mass is 184 g/mol. The fourth-order valence-corrected chi connectivity index (χ4v) is 1.95. The minimum Gasteiger partial charge on any atom is -0.368 e. The number of hydrogen-bond donors (Lipinski definition) is 1. The van der Waals surface area contributed by atoms with E-state index in [0.29, 0.717) is 0 Å². The maximum atomic E-state index is 11.1. The number of rotatable bonds is 2. The summed E-state index contributed by atoms with van der Waals surface area (Å²) < 4.78 is 0. The molecular formula is C10H20N2O. The average Bonchev–Trinajstić information content (AvgIpc) is 2.31. The van der Waals surface area contributed by atoms with Crippen LogP contribution in [0.15, 0.2) is 0 Å². The fourth-order valence-electron chi connectivity index (χ4n) is 1.95. The molecule has 1 amide bonds. The second-order valence-electron chi connectivity index (χ2n) is 5.09. The van der Waals surface area contributed by atoms with Crippen LogP contribution in [0, 0.1) is 5.41 Å². The normalized spacial score (nSPS) is 25.0. The largest absolute Gasteiger partial charge is 0.368 e. The number of carbonyl (C=O) groups excluding carboxylic acids is 1. The first kappa shape index (κ1) is 10.5. The number of nitrogens with two attached hydrogens (primary N) is 1. The van der Waals surface area contributed by atoms with Crippen molar-refractivity contribution in [2.75, 3.05) is 13.1 Å². The summed E-state index contributed by atoms with van der Waals surface area (Å²) in [6.07, 6.45) is 2.04. The molecule has 0 spiro atoms. The molecule has 0 aromatic carbocycles.